The maximum Gasteiger partial charge on any atom is 0.234 e. The molecule has 1 fully saturated rings. The minimum Gasteiger partial charge on any atom is -0.390 e. The predicted octanol–water partition coefficient (Wildman–Crippen LogP) is 0.711. The lowest BCUT2D eigenvalue weighted by molar-refractivity contribution is -0.122. The second-order valence-corrected chi connectivity index (χ2v) is 5.48. The van der Waals surface area contributed by atoms with E-state index < -0.39 is 6.10 Å². The summed E-state index contributed by atoms with van der Waals surface area (Å²) in [4.78, 5) is 13.3. The zero-order valence-electron chi connectivity index (χ0n) is 12.4. The molecule has 2 rings (SSSR count). The second kappa shape index (κ2) is 10.0. The lowest BCUT2D eigenvalue weighted by Gasteiger charge is -2.27. The van der Waals surface area contributed by atoms with Gasteiger partial charge in [-0.3, -0.25) is 9.69 Å². The van der Waals surface area contributed by atoms with Crippen LogP contribution >= 0.6 is 24.8 Å². The molecule has 1 aliphatic rings. The van der Waals surface area contributed by atoms with Gasteiger partial charge in [0.1, 0.15) is 0 Å². The Balaban J connectivity index is 0.00000220. The number of aliphatic hydroxyl groups excluding tert-OH is 1. The predicted molar refractivity (Wildman–Crippen MR) is 92.4 cm³/mol. The van der Waals surface area contributed by atoms with Gasteiger partial charge in [0.15, 0.2) is 0 Å². The topological polar surface area (TPSA) is 92.6 Å². The van der Waals surface area contributed by atoms with Gasteiger partial charge in [0, 0.05) is 12.6 Å². The molecule has 5 N–H and O–H groups in total. The first-order valence-electron chi connectivity index (χ1n) is 7.09. The van der Waals surface area contributed by atoms with Crippen molar-refractivity contribution in [1.29, 1.82) is 0 Å². The highest BCUT2D eigenvalue weighted by Crippen LogP contribution is 2.17. The fraction of sp³-hybridized carbons (Fsp3) is 0.533. The Morgan fingerprint density at radius 3 is 2.55 bits per heavy atom. The SMILES string of the molecule is Cl.Cl.NC(=O)C1CCCN1C[C@H](O)[C@H](N)Cc1ccccc1. The van der Waals surface area contributed by atoms with E-state index in [-0.39, 0.29) is 42.8 Å². The number of aliphatic hydroxyl groups is 1. The minimum atomic E-state index is -0.657. The molecule has 0 bridgehead atoms. The molecule has 1 aromatic rings. The maximum atomic E-state index is 11.3. The average molecular weight is 350 g/mol. The Bertz CT molecular complexity index is 448. The van der Waals surface area contributed by atoms with Gasteiger partial charge in [-0.2, -0.15) is 0 Å². The number of likely N-dealkylation sites (tertiary alicyclic amines) is 1. The number of amides is 1. The third kappa shape index (κ3) is 5.74. The number of hydrogen-bond donors (Lipinski definition) is 3. The van der Waals surface area contributed by atoms with Crippen molar-refractivity contribution in [2.45, 2.75) is 37.5 Å². The summed E-state index contributed by atoms with van der Waals surface area (Å²) < 4.78 is 0. The second-order valence-electron chi connectivity index (χ2n) is 5.48. The van der Waals surface area contributed by atoms with Gasteiger partial charge in [0.2, 0.25) is 5.91 Å². The maximum absolute atomic E-state index is 11.3. The summed E-state index contributed by atoms with van der Waals surface area (Å²) in [6.45, 7) is 1.20. The number of halogens is 2. The van der Waals surface area contributed by atoms with E-state index in [0.29, 0.717) is 13.0 Å². The van der Waals surface area contributed by atoms with Crippen LogP contribution in [0.15, 0.2) is 30.3 Å². The number of primary amides is 1. The number of hydrogen-bond acceptors (Lipinski definition) is 4. The number of nitrogens with zero attached hydrogens (tertiary/aromatic N) is 1. The number of benzene rings is 1. The molecule has 1 unspecified atom stereocenters. The van der Waals surface area contributed by atoms with Crippen LogP contribution in [0, 0.1) is 0 Å². The van der Waals surface area contributed by atoms with Crippen molar-refractivity contribution in [2.75, 3.05) is 13.1 Å². The van der Waals surface area contributed by atoms with Gasteiger partial charge in [0.05, 0.1) is 12.1 Å². The Morgan fingerprint density at radius 1 is 1.32 bits per heavy atom. The fourth-order valence-corrected chi connectivity index (χ4v) is 2.76. The van der Waals surface area contributed by atoms with E-state index in [2.05, 4.69) is 0 Å². The molecule has 126 valence electrons. The lowest BCUT2D eigenvalue weighted by atomic mass is 10.0. The number of nitrogens with two attached hydrogens (primary N) is 2. The molecule has 5 nitrogen and oxygen atoms in total. The molecule has 7 heteroatoms. The molecule has 1 heterocycles. The van der Waals surface area contributed by atoms with Crippen molar-refractivity contribution < 1.29 is 9.90 Å². The highest BCUT2D eigenvalue weighted by Gasteiger charge is 2.31. The van der Waals surface area contributed by atoms with Crippen molar-refractivity contribution >= 4 is 30.7 Å². The van der Waals surface area contributed by atoms with Gasteiger partial charge in [-0.15, -0.1) is 24.8 Å². The number of carbonyl (C=O) groups is 1. The monoisotopic (exact) mass is 349 g/mol. The largest absolute Gasteiger partial charge is 0.390 e. The van der Waals surface area contributed by atoms with E-state index in [4.69, 9.17) is 11.5 Å². The third-order valence-corrected chi connectivity index (χ3v) is 3.92. The first-order valence-corrected chi connectivity index (χ1v) is 7.09. The standard InChI is InChI=1S/C15H23N3O2.2ClH/c16-12(9-11-5-2-1-3-6-11)14(19)10-18-8-4-7-13(18)15(17)20;;/h1-3,5-6,12-14,19H,4,7-10,16H2,(H2,17,20);2*1H/t12-,13?,14+;;/m1../s1. The van der Waals surface area contributed by atoms with Crippen LogP contribution in [-0.4, -0.2) is 47.2 Å². The molecule has 0 radical (unpaired) electrons. The summed E-state index contributed by atoms with van der Waals surface area (Å²) >= 11 is 0. The zero-order chi connectivity index (χ0) is 14.5. The Hall–Kier alpha value is -0.850. The zero-order valence-corrected chi connectivity index (χ0v) is 14.1. The summed E-state index contributed by atoms with van der Waals surface area (Å²) in [6.07, 6.45) is 1.68. The van der Waals surface area contributed by atoms with Crippen LogP contribution < -0.4 is 11.5 Å². The Morgan fingerprint density at radius 2 is 1.95 bits per heavy atom. The van der Waals surface area contributed by atoms with Crippen LogP contribution in [0.2, 0.25) is 0 Å². The van der Waals surface area contributed by atoms with Gasteiger partial charge in [-0.05, 0) is 31.4 Å². The van der Waals surface area contributed by atoms with Crippen LogP contribution in [0.25, 0.3) is 0 Å². The van der Waals surface area contributed by atoms with E-state index in [1.54, 1.807) is 0 Å². The van der Waals surface area contributed by atoms with Crippen molar-refractivity contribution in [2.24, 2.45) is 11.5 Å². The molecule has 22 heavy (non-hydrogen) atoms. The third-order valence-electron chi connectivity index (χ3n) is 3.92. The highest BCUT2D eigenvalue weighted by atomic mass is 35.5. The normalized spacial score (nSPS) is 20.5. The molecule has 0 spiro atoms. The summed E-state index contributed by atoms with van der Waals surface area (Å²) in [7, 11) is 0. The van der Waals surface area contributed by atoms with Crippen LogP contribution in [0.1, 0.15) is 18.4 Å². The number of carbonyl (C=O) groups excluding carboxylic acids is 1. The minimum absolute atomic E-state index is 0. The molecule has 1 aliphatic heterocycles. The first kappa shape index (κ1) is 21.1. The molecule has 1 saturated heterocycles. The van der Waals surface area contributed by atoms with Crippen molar-refractivity contribution in [3.63, 3.8) is 0 Å². The van der Waals surface area contributed by atoms with E-state index in [1.807, 2.05) is 35.2 Å². The van der Waals surface area contributed by atoms with Gasteiger partial charge in [0.25, 0.3) is 0 Å². The van der Waals surface area contributed by atoms with Crippen molar-refractivity contribution in [3.8, 4) is 0 Å². The van der Waals surface area contributed by atoms with E-state index in [0.717, 1.165) is 24.9 Å². The highest BCUT2D eigenvalue weighted by molar-refractivity contribution is 5.85. The van der Waals surface area contributed by atoms with Crippen LogP contribution in [0.4, 0.5) is 0 Å². The molecule has 0 saturated carbocycles. The Labute approximate surface area is 143 Å². The average Bonchev–Trinajstić information content (AvgIpc) is 2.88. The molecule has 0 aromatic heterocycles. The van der Waals surface area contributed by atoms with Crippen LogP contribution in [-0.2, 0) is 11.2 Å². The fourth-order valence-electron chi connectivity index (χ4n) is 2.76. The van der Waals surface area contributed by atoms with E-state index in [9.17, 15) is 9.90 Å². The van der Waals surface area contributed by atoms with Crippen LogP contribution in [0.5, 0.6) is 0 Å². The molecule has 1 aromatic carbocycles. The summed E-state index contributed by atoms with van der Waals surface area (Å²) in [6, 6.07) is 9.26. The van der Waals surface area contributed by atoms with Gasteiger partial charge >= 0.3 is 0 Å². The Kier molecular flexibility index (Phi) is 9.64. The molecule has 3 atom stereocenters. The van der Waals surface area contributed by atoms with Crippen molar-refractivity contribution in [1.82, 2.24) is 4.90 Å². The summed E-state index contributed by atoms with van der Waals surface area (Å²) in [5, 5.41) is 10.2. The molecule has 1 amide bonds. The van der Waals surface area contributed by atoms with Crippen molar-refractivity contribution in [3.05, 3.63) is 35.9 Å². The number of rotatable bonds is 6. The van der Waals surface area contributed by atoms with Crippen LogP contribution in [0.3, 0.4) is 0 Å². The molecule has 0 aliphatic carbocycles. The number of β-amino-alcohol motifs (C(OH)–C–C–N with tert-alkyl or cyclic N) is 1. The van der Waals surface area contributed by atoms with Gasteiger partial charge < -0.3 is 16.6 Å². The molecular weight excluding hydrogens is 325 g/mol. The van der Waals surface area contributed by atoms with E-state index >= 15 is 0 Å². The van der Waals surface area contributed by atoms with Gasteiger partial charge in [-0.1, -0.05) is 30.3 Å². The smallest absolute Gasteiger partial charge is 0.234 e. The summed E-state index contributed by atoms with van der Waals surface area (Å²) in [5.74, 6) is -0.314. The molecular formula is C15H25Cl2N3O2. The lowest BCUT2D eigenvalue weighted by Crippen LogP contribution is -2.49. The quantitative estimate of drug-likeness (QED) is 0.705. The van der Waals surface area contributed by atoms with E-state index in [1.165, 1.54) is 0 Å². The van der Waals surface area contributed by atoms with Gasteiger partial charge in [-0.25, -0.2) is 0 Å². The summed E-state index contributed by atoms with van der Waals surface area (Å²) in [5.41, 5.74) is 12.5. The first-order chi connectivity index (χ1) is 9.58.